The number of fused-ring (bicyclic) bond motifs is 1. The number of imidazole rings is 1. The summed E-state index contributed by atoms with van der Waals surface area (Å²) in [5, 5.41) is 11.1. The lowest BCUT2D eigenvalue weighted by atomic mass is 9.99. The average molecular weight is 456 g/mol. The molecule has 0 fully saturated rings. The van der Waals surface area contributed by atoms with Gasteiger partial charge in [0.05, 0.1) is 11.9 Å². The summed E-state index contributed by atoms with van der Waals surface area (Å²) < 4.78 is 29.1. The Hall–Kier alpha value is -1.00. The maximum Gasteiger partial charge on any atom is 0.308 e. The van der Waals surface area contributed by atoms with Crippen molar-refractivity contribution in [1.82, 2.24) is 13.3 Å². The molecule has 0 spiro atoms. The van der Waals surface area contributed by atoms with Crippen LogP contribution in [0.5, 0.6) is 0 Å². The van der Waals surface area contributed by atoms with E-state index in [-0.39, 0.29) is 5.04 Å². The van der Waals surface area contributed by atoms with Gasteiger partial charge in [0.1, 0.15) is 19.6 Å². The summed E-state index contributed by atoms with van der Waals surface area (Å²) in [6.45, 7) is 10.7. The van der Waals surface area contributed by atoms with E-state index in [4.69, 9.17) is 0 Å². The largest absolute Gasteiger partial charge is 0.381 e. The Morgan fingerprint density at radius 1 is 1.24 bits per heavy atom. The van der Waals surface area contributed by atoms with Crippen molar-refractivity contribution in [3.8, 4) is 0 Å². The molecule has 2 heterocycles. The van der Waals surface area contributed by atoms with Gasteiger partial charge >= 0.3 is 10.2 Å². The second-order valence-electron chi connectivity index (χ2n) is 9.64. The Bertz CT molecular complexity index is 977. The van der Waals surface area contributed by atoms with E-state index in [1.54, 1.807) is 17.5 Å². The smallest absolute Gasteiger partial charge is 0.308 e. The minimum absolute atomic E-state index is 0.0951. The quantitative estimate of drug-likeness (QED) is 0.702. The maximum absolute atomic E-state index is 13.3. The molecular weight excluding hydrogens is 422 g/mol. The zero-order chi connectivity index (χ0) is 21.8. The SMILES string of the molecule is CN(C)S(=O)(=O)n1c(C(O)c2cc3c(s2)CCCC3)cnc1[Si](C)(C)C(C)(C)C. The zero-order valence-corrected chi connectivity index (χ0v) is 21.1. The van der Waals surface area contributed by atoms with Crippen molar-refractivity contribution in [2.45, 2.75) is 70.7 Å². The van der Waals surface area contributed by atoms with Crippen LogP contribution >= 0.6 is 11.3 Å². The fraction of sp³-hybridized carbons (Fsp3) is 0.650. The summed E-state index contributed by atoms with van der Waals surface area (Å²) in [5.74, 6) is 0. The molecule has 0 radical (unpaired) electrons. The summed E-state index contributed by atoms with van der Waals surface area (Å²) in [6.07, 6.45) is 4.96. The minimum atomic E-state index is -3.83. The molecule has 29 heavy (non-hydrogen) atoms. The van der Waals surface area contributed by atoms with Crippen molar-refractivity contribution in [1.29, 1.82) is 0 Å². The molecular formula is C20H33N3O3S2Si. The van der Waals surface area contributed by atoms with Gasteiger partial charge in [-0.15, -0.1) is 11.3 Å². The van der Waals surface area contributed by atoms with Crippen molar-refractivity contribution in [3.63, 3.8) is 0 Å². The third-order valence-electron chi connectivity index (χ3n) is 6.44. The van der Waals surface area contributed by atoms with E-state index in [0.29, 0.717) is 11.1 Å². The van der Waals surface area contributed by atoms with Crippen LogP contribution in [0.15, 0.2) is 12.3 Å². The Balaban J connectivity index is 2.18. The van der Waals surface area contributed by atoms with Crippen LogP contribution in [-0.4, -0.2) is 49.0 Å². The number of nitrogens with zero attached hydrogens (tertiary/aromatic N) is 3. The monoisotopic (exact) mass is 455 g/mol. The van der Waals surface area contributed by atoms with Crippen molar-refractivity contribution >= 4 is 35.1 Å². The fourth-order valence-corrected chi connectivity index (χ4v) is 8.47. The summed E-state index contributed by atoms with van der Waals surface area (Å²) in [6, 6.07) is 2.05. The van der Waals surface area contributed by atoms with Crippen molar-refractivity contribution in [3.05, 3.63) is 33.3 Å². The minimum Gasteiger partial charge on any atom is -0.381 e. The van der Waals surface area contributed by atoms with Crippen molar-refractivity contribution in [2.75, 3.05) is 14.1 Å². The third-order valence-corrected chi connectivity index (χ3v) is 14.9. The number of aromatic nitrogens is 2. The molecule has 0 bridgehead atoms. The summed E-state index contributed by atoms with van der Waals surface area (Å²) >= 11 is 1.60. The molecule has 1 N–H and O–H groups in total. The molecule has 0 saturated heterocycles. The second-order valence-corrected chi connectivity index (χ2v) is 18.0. The van der Waals surface area contributed by atoms with E-state index in [1.807, 2.05) is 0 Å². The Kier molecular flexibility index (Phi) is 5.94. The van der Waals surface area contributed by atoms with Crippen molar-refractivity contribution < 1.29 is 13.5 Å². The predicted molar refractivity (Wildman–Crippen MR) is 122 cm³/mol. The molecule has 0 amide bonds. The number of rotatable bonds is 5. The number of hydrogen-bond acceptors (Lipinski definition) is 5. The average Bonchev–Trinajstić information content (AvgIpc) is 3.24. The number of aliphatic hydroxyl groups is 1. The van der Waals surface area contributed by atoms with Gasteiger partial charge in [-0.2, -0.15) is 12.7 Å². The number of aryl methyl sites for hydroxylation is 2. The zero-order valence-electron chi connectivity index (χ0n) is 18.5. The Labute approximate surface area is 179 Å². The van der Waals surface area contributed by atoms with Crippen LogP contribution in [0.3, 0.4) is 0 Å². The molecule has 3 rings (SSSR count). The van der Waals surface area contributed by atoms with E-state index in [1.165, 1.54) is 45.7 Å². The van der Waals surface area contributed by atoms with Crippen LogP contribution in [0, 0.1) is 0 Å². The molecule has 9 heteroatoms. The molecule has 2 aromatic rings. The van der Waals surface area contributed by atoms with Gasteiger partial charge in [-0.3, -0.25) is 0 Å². The van der Waals surface area contributed by atoms with Gasteiger partial charge in [0.15, 0.2) is 0 Å². The lowest BCUT2D eigenvalue weighted by molar-refractivity contribution is 0.218. The molecule has 6 nitrogen and oxygen atoms in total. The van der Waals surface area contributed by atoms with Gasteiger partial charge in [0.2, 0.25) is 0 Å². The highest BCUT2D eigenvalue weighted by Gasteiger charge is 2.44. The first-order valence-electron chi connectivity index (χ1n) is 10.1. The highest BCUT2D eigenvalue weighted by atomic mass is 32.2. The number of hydrogen-bond donors (Lipinski definition) is 1. The number of aliphatic hydroxyl groups excluding tert-OH is 1. The van der Waals surface area contributed by atoms with Crippen LogP contribution in [0.25, 0.3) is 0 Å². The van der Waals surface area contributed by atoms with Crippen molar-refractivity contribution in [2.24, 2.45) is 0 Å². The van der Waals surface area contributed by atoms with Gasteiger partial charge in [0.25, 0.3) is 0 Å². The predicted octanol–water partition coefficient (Wildman–Crippen LogP) is 3.28. The van der Waals surface area contributed by atoms with Gasteiger partial charge < -0.3 is 5.11 Å². The topological polar surface area (TPSA) is 75.4 Å². The molecule has 1 unspecified atom stereocenters. The molecule has 0 aromatic carbocycles. The standard InChI is InChI=1S/C20H33N3O3S2Si/c1-20(2,3)29(6,7)19-21-13-15(23(19)28(25,26)22(4)5)18(24)17-12-14-10-8-9-11-16(14)27-17/h12-13,18,24H,8-11H2,1-7H3. The molecule has 1 aliphatic carbocycles. The second kappa shape index (κ2) is 7.60. The van der Waals surface area contributed by atoms with E-state index in [2.05, 4.69) is 44.9 Å². The molecule has 1 aliphatic rings. The maximum atomic E-state index is 13.3. The highest BCUT2D eigenvalue weighted by Crippen LogP contribution is 2.38. The first kappa shape index (κ1) is 22.7. The van der Waals surface area contributed by atoms with Crippen LogP contribution in [0.1, 0.15) is 60.7 Å². The summed E-state index contributed by atoms with van der Waals surface area (Å²) in [7, 11) is -3.07. The molecule has 2 aromatic heterocycles. The van der Waals surface area contributed by atoms with Crippen LogP contribution in [0.2, 0.25) is 18.1 Å². The fourth-order valence-electron chi connectivity index (χ4n) is 3.49. The van der Waals surface area contributed by atoms with Gasteiger partial charge in [0, 0.05) is 23.8 Å². The van der Waals surface area contributed by atoms with Gasteiger partial charge in [-0.05, 0) is 42.4 Å². The highest BCUT2D eigenvalue weighted by molar-refractivity contribution is 7.87. The normalized spacial score (nSPS) is 16.9. The molecule has 0 saturated carbocycles. The van der Waals surface area contributed by atoms with Crippen LogP contribution in [0.4, 0.5) is 0 Å². The lowest BCUT2D eigenvalue weighted by Crippen LogP contribution is -2.56. The van der Waals surface area contributed by atoms with E-state index in [0.717, 1.165) is 17.7 Å². The molecule has 0 aliphatic heterocycles. The van der Waals surface area contributed by atoms with Crippen LogP contribution in [-0.2, 0) is 23.1 Å². The molecule has 1 atom stereocenters. The Morgan fingerprint density at radius 2 is 1.86 bits per heavy atom. The molecule has 162 valence electrons. The summed E-state index contributed by atoms with van der Waals surface area (Å²) in [5.41, 5.74) is 2.20. The first-order valence-corrected chi connectivity index (χ1v) is 15.3. The first-order chi connectivity index (χ1) is 13.3. The number of thiophene rings is 1. The summed E-state index contributed by atoms with van der Waals surface area (Å²) in [4.78, 5) is 6.71. The van der Waals surface area contributed by atoms with Gasteiger partial charge in [-0.1, -0.05) is 33.9 Å². The lowest BCUT2D eigenvalue weighted by Gasteiger charge is -2.36. The van der Waals surface area contributed by atoms with E-state index in [9.17, 15) is 13.5 Å². The van der Waals surface area contributed by atoms with Crippen LogP contribution < -0.4 is 5.45 Å². The Morgan fingerprint density at radius 3 is 2.41 bits per heavy atom. The third kappa shape index (κ3) is 3.87. The van der Waals surface area contributed by atoms with E-state index < -0.39 is 24.4 Å². The van der Waals surface area contributed by atoms with E-state index >= 15 is 0 Å². The van der Waals surface area contributed by atoms with Gasteiger partial charge in [-0.25, -0.2) is 8.96 Å².